The summed E-state index contributed by atoms with van der Waals surface area (Å²) in [7, 11) is 0. The van der Waals surface area contributed by atoms with Crippen LogP contribution in [-0.4, -0.2) is 31.5 Å². The highest BCUT2D eigenvalue weighted by atomic mass is 35.5. The molecule has 7 nitrogen and oxygen atoms in total. The molecule has 0 bridgehead atoms. The maximum atomic E-state index is 12.2. The Labute approximate surface area is 124 Å². The molecule has 8 heteroatoms. The van der Waals surface area contributed by atoms with E-state index in [1.54, 1.807) is 13.0 Å². The Morgan fingerprint density at radius 3 is 2.95 bits per heavy atom. The maximum Gasteiger partial charge on any atom is 0.270 e. The topological polar surface area (TPSA) is 96.5 Å². The highest BCUT2D eigenvalue weighted by Crippen LogP contribution is 2.22. The first-order valence-corrected chi connectivity index (χ1v) is 6.62. The van der Waals surface area contributed by atoms with Crippen LogP contribution in [0.3, 0.4) is 0 Å². The lowest BCUT2D eigenvalue weighted by Crippen LogP contribution is -2.28. The molecule has 0 radical (unpaired) electrons. The number of aromatic amines is 1. The fourth-order valence-corrected chi connectivity index (χ4v) is 2.22. The van der Waals surface area contributed by atoms with E-state index in [4.69, 9.17) is 11.6 Å². The van der Waals surface area contributed by atoms with Gasteiger partial charge in [0.05, 0.1) is 6.04 Å². The number of carbonyl (C=O) groups is 1. The van der Waals surface area contributed by atoms with Gasteiger partial charge < -0.3 is 5.32 Å². The Hall–Kier alpha value is -2.54. The molecule has 2 aromatic heterocycles. The van der Waals surface area contributed by atoms with Crippen LogP contribution in [0.2, 0.25) is 5.15 Å². The van der Waals surface area contributed by atoms with Crippen LogP contribution in [0.1, 0.15) is 29.3 Å². The third kappa shape index (κ3) is 2.68. The second-order valence-corrected chi connectivity index (χ2v) is 4.84. The number of carbonyl (C=O) groups excluding carboxylic acids is 1. The molecule has 0 spiro atoms. The molecule has 1 amide bonds. The van der Waals surface area contributed by atoms with Gasteiger partial charge in [0, 0.05) is 5.39 Å². The van der Waals surface area contributed by atoms with E-state index in [1.807, 2.05) is 24.3 Å². The molecule has 3 rings (SSSR count). The number of rotatable bonds is 3. The molecule has 1 atom stereocenters. The first-order valence-electron chi connectivity index (χ1n) is 6.24. The summed E-state index contributed by atoms with van der Waals surface area (Å²) in [5, 5.41) is 18.1. The summed E-state index contributed by atoms with van der Waals surface area (Å²) in [5.41, 5.74) is 0.244. The van der Waals surface area contributed by atoms with Crippen molar-refractivity contribution >= 4 is 28.3 Å². The van der Waals surface area contributed by atoms with E-state index in [0.717, 1.165) is 10.8 Å². The average molecular weight is 303 g/mol. The Morgan fingerprint density at radius 1 is 1.38 bits per heavy atom. The van der Waals surface area contributed by atoms with Crippen molar-refractivity contribution in [3.8, 4) is 0 Å². The van der Waals surface area contributed by atoms with Crippen molar-refractivity contribution in [3.05, 3.63) is 47.0 Å². The van der Waals surface area contributed by atoms with Crippen LogP contribution >= 0.6 is 11.6 Å². The minimum absolute atomic E-state index is 0.244. The van der Waals surface area contributed by atoms with Gasteiger partial charge in [-0.25, -0.2) is 4.98 Å². The van der Waals surface area contributed by atoms with Gasteiger partial charge >= 0.3 is 0 Å². The highest BCUT2D eigenvalue weighted by molar-refractivity contribution is 6.34. The van der Waals surface area contributed by atoms with Crippen molar-refractivity contribution in [1.82, 2.24) is 30.9 Å². The minimum atomic E-state index is -0.386. The zero-order chi connectivity index (χ0) is 14.8. The molecule has 0 aliphatic heterocycles. The van der Waals surface area contributed by atoms with E-state index in [-0.39, 0.29) is 17.6 Å². The Kier molecular flexibility index (Phi) is 3.49. The Bertz CT molecular complexity index is 788. The summed E-state index contributed by atoms with van der Waals surface area (Å²) in [6.45, 7) is 1.76. The molecule has 1 aromatic carbocycles. The highest BCUT2D eigenvalue weighted by Gasteiger charge is 2.17. The van der Waals surface area contributed by atoms with Gasteiger partial charge in [-0.15, -0.1) is 10.2 Å². The van der Waals surface area contributed by atoms with E-state index < -0.39 is 0 Å². The van der Waals surface area contributed by atoms with Gasteiger partial charge in [-0.3, -0.25) is 4.79 Å². The quantitative estimate of drug-likeness (QED) is 0.720. The largest absolute Gasteiger partial charge is 0.341 e. The number of nitrogens with one attached hydrogen (secondary N) is 2. The first kappa shape index (κ1) is 13.4. The van der Waals surface area contributed by atoms with Crippen molar-refractivity contribution < 1.29 is 4.79 Å². The summed E-state index contributed by atoms with van der Waals surface area (Å²) in [5.74, 6) is 0.0511. The van der Waals surface area contributed by atoms with Crippen LogP contribution in [-0.2, 0) is 0 Å². The number of hydrogen-bond acceptors (Lipinski definition) is 5. The van der Waals surface area contributed by atoms with Crippen LogP contribution in [0.4, 0.5) is 0 Å². The number of nitrogens with zero attached hydrogens (tertiary/aromatic N) is 4. The van der Waals surface area contributed by atoms with Gasteiger partial charge in [-0.05, 0) is 18.4 Å². The van der Waals surface area contributed by atoms with Crippen molar-refractivity contribution in [2.45, 2.75) is 13.0 Å². The second-order valence-electron chi connectivity index (χ2n) is 4.48. The number of amides is 1. The number of halogens is 1. The van der Waals surface area contributed by atoms with Gasteiger partial charge in [0.2, 0.25) is 0 Å². The maximum absolute atomic E-state index is 12.2. The molecule has 21 heavy (non-hydrogen) atoms. The van der Waals surface area contributed by atoms with Gasteiger partial charge in [-0.1, -0.05) is 41.1 Å². The minimum Gasteiger partial charge on any atom is -0.341 e. The molecule has 3 aromatic rings. The fourth-order valence-electron chi connectivity index (χ4n) is 1.96. The lowest BCUT2D eigenvalue weighted by atomic mass is 10.1. The summed E-state index contributed by atoms with van der Waals surface area (Å²) in [6, 6.07) is 8.79. The standard InChI is InChI=1S/C13H11ClN6O/c1-7(12-17-19-20-18-12)15-13(21)10-6-8-4-2-3-5-9(8)11(14)16-10/h2-7H,1H3,(H,15,21)(H,17,18,19,20). The molecule has 0 aliphatic rings. The van der Waals surface area contributed by atoms with Crippen molar-refractivity contribution in [3.63, 3.8) is 0 Å². The first-order chi connectivity index (χ1) is 10.1. The van der Waals surface area contributed by atoms with Crippen LogP contribution < -0.4 is 5.32 Å². The predicted molar refractivity (Wildman–Crippen MR) is 76.8 cm³/mol. The van der Waals surface area contributed by atoms with Crippen molar-refractivity contribution in [2.75, 3.05) is 0 Å². The molecule has 0 fully saturated rings. The lowest BCUT2D eigenvalue weighted by molar-refractivity contribution is 0.0933. The molecule has 1 unspecified atom stereocenters. The van der Waals surface area contributed by atoms with Crippen LogP contribution in [0.5, 0.6) is 0 Å². The van der Waals surface area contributed by atoms with Crippen molar-refractivity contribution in [2.24, 2.45) is 0 Å². The fraction of sp³-hybridized carbons (Fsp3) is 0.154. The number of aromatic nitrogens is 5. The summed E-state index contributed by atoms with van der Waals surface area (Å²) in [6.07, 6.45) is 0. The monoisotopic (exact) mass is 302 g/mol. The molecule has 0 saturated carbocycles. The summed E-state index contributed by atoms with van der Waals surface area (Å²) >= 11 is 6.11. The number of pyridine rings is 1. The molecule has 2 heterocycles. The van der Waals surface area contributed by atoms with E-state index in [1.165, 1.54) is 0 Å². The number of hydrogen-bond donors (Lipinski definition) is 2. The van der Waals surface area contributed by atoms with E-state index in [9.17, 15) is 4.79 Å². The number of tetrazole rings is 1. The predicted octanol–water partition coefficient (Wildman–Crippen LogP) is 1.89. The summed E-state index contributed by atoms with van der Waals surface area (Å²) < 4.78 is 0. The zero-order valence-corrected chi connectivity index (χ0v) is 11.8. The smallest absolute Gasteiger partial charge is 0.270 e. The molecular formula is C13H11ClN6O. The van der Waals surface area contributed by atoms with Crippen molar-refractivity contribution in [1.29, 1.82) is 0 Å². The zero-order valence-electron chi connectivity index (χ0n) is 11.0. The van der Waals surface area contributed by atoms with Gasteiger partial charge in [-0.2, -0.15) is 5.21 Å². The Morgan fingerprint density at radius 2 is 2.19 bits per heavy atom. The molecule has 0 aliphatic carbocycles. The summed E-state index contributed by atoms with van der Waals surface area (Å²) in [4.78, 5) is 16.4. The van der Waals surface area contributed by atoms with Crippen LogP contribution in [0.15, 0.2) is 30.3 Å². The Balaban J connectivity index is 1.88. The molecular weight excluding hydrogens is 292 g/mol. The molecule has 106 valence electrons. The second kappa shape index (κ2) is 5.45. The number of fused-ring (bicyclic) bond motifs is 1. The van der Waals surface area contributed by atoms with E-state index in [0.29, 0.717) is 11.0 Å². The third-order valence-corrected chi connectivity index (χ3v) is 3.31. The molecule has 2 N–H and O–H groups in total. The average Bonchev–Trinajstić information content (AvgIpc) is 3.01. The number of H-pyrrole nitrogens is 1. The SMILES string of the molecule is CC(NC(=O)c1cc2ccccc2c(Cl)n1)c1nn[nH]n1. The van der Waals surface area contributed by atoms with Crippen LogP contribution in [0.25, 0.3) is 10.8 Å². The lowest BCUT2D eigenvalue weighted by Gasteiger charge is -2.10. The van der Waals surface area contributed by atoms with E-state index >= 15 is 0 Å². The van der Waals surface area contributed by atoms with Gasteiger partial charge in [0.25, 0.3) is 5.91 Å². The number of benzene rings is 1. The molecule has 0 saturated heterocycles. The van der Waals surface area contributed by atoms with E-state index in [2.05, 4.69) is 30.9 Å². The van der Waals surface area contributed by atoms with Gasteiger partial charge in [0.15, 0.2) is 5.82 Å². The third-order valence-electron chi connectivity index (χ3n) is 3.02. The normalized spacial score (nSPS) is 12.3. The van der Waals surface area contributed by atoms with Gasteiger partial charge in [0.1, 0.15) is 10.8 Å². The van der Waals surface area contributed by atoms with Crippen LogP contribution in [0, 0.1) is 0 Å².